The zero-order chi connectivity index (χ0) is 18.8. The summed E-state index contributed by atoms with van der Waals surface area (Å²) in [5, 5.41) is 8.47. The number of benzene rings is 1. The number of aliphatic carboxylic acids is 1. The molecular weight excluding hydrogens is 332 g/mol. The Hall–Kier alpha value is -2.90. The van der Waals surface area contributed by atoms with Crippen molar-refractivity contribution in [1.82, 2.24) is 0 Å². The van der Waals surface area contributed by atoms with Crippen LogP contribution in [0.5, 0.6) is 0 Å². The van der Waals surface area contributed by atoms with Crippen LogP contribution in [0, 0.1) is 0 Å². The predicted molar refractivity (Wildman–Crippen MR) is 84.2 cm³/mol. The Labute approximate surface area is 144 Å². The fraction of sp³-hybridized carbons (Fsp3) is 0.412. The topological polar surface area (TPSA) is 116 Å². The van der Waals surface area contributed by atoms with Gasteiger partial charge in [0.25, 0.3) is 0 Å². The number of esters is 3. The molecule has 1 rings (SSSR count). The van der Waals surface area contributed by atoms with Crippen LogP contribution in [-0.4, -0.2) is 41.2 Å². The maximum absolute atomic E-state index is 11.8. The largest absolute Gasteiger partial charge is 0.481 e. The summed E-state index contributed by atoms with van der Waals surface area (Å²) in [7, 11) is 0. The lowest BCUT2D eigenvalue weighted by Gasteiger charge is -2.16. The van der Waals surface area contributed by atoms with E-state index in [1.54, 1.807) is 24.3 Å². The van der Waals surface area contributed by atoms with E-state index >= 15 is 0 Å². The lowest BCUT2D eigenvalue weighted by molar-refractivity contribution is -0.177. The van der Waals surface area contributed by atoms with E-state index in [-0.39, 0.29) is 13.0 Å². The first-order valence-corrected chi connectivity index (χ1v) is 7.62. The van der Waals surface area contributed by atoms with Crippen molar-refractivity contribution in [2.24, 2.45) is 0 Å². The molecule has 1 N–H and O–H groups in total. The molecule has 0 radical (unpaired) electrons. The molecule has 0 saturated heterocycles. The lowest BCUT2D eigenvalue weighted by atomic mass is 10.2. The molecule has 0 aromatic heterocycles. The van der Waals surface area contributed by atoms with Crippen molar-refractivity contribution in [3.05, 3.63) is 35.9 Å². The minimum absolute atomic E-state index is 0.0429. The molecule has 0 saturated carbocycles. The number of carboxylic acid groups (broad SMARTS) is 1. The monoisotopic (exact) mass is 352 g/mol. The van der Waals surface area contributed by atoms with E-state index in [1.165, 1.54) is 13.8 Å². The van der Waals surface area contributed by atoms with Crippen LogP contribution in [0.25, 0.3) is 0 Å². The van der Waals surface area contributed by atoms with Crippen LogP contribution in [0.3, 0.4) is 0 Å². The van der Waals surface area contributed by atoms with Crippen molar-refractivity contribution in [3.63, 3.8) is 0 Å². The fourth-order valence-electron chi connectivity index (χ4n) is 1.68. The van der Waals surface area contributed by atoms with Gasteiger partial charge in [0.05, 0.1) is 12.8 Å². The van der Waals surface area contributed by atoms with Crippen molar-refractivity contribution >= 4 is 23.9 Å². The van der Waals surface area contributed by atoms with Gasteiger partial charge in [-0.2, -0.15) is 0 Å². The molecule has 136 valence electrons. The zero-order valence-electron chi connectivity index (χ0n) is 14.0. The van der Waals surface area contributed by atoms with E-state index in [0.717, 1.165) is 5.56 Å². The van der Waals surface area contributed by atoms with Gasteiger partial charge in [0.1, 0.15) is 6.61 Å². The third kappa shape index (κ3) is 7.96. The van der Waals surface area contributed by atoms with E-state index in [4.69, 9.17) is 19.3 Å². The molecule has 8 heteroatoms. The summed E-state index contributed by atoms with van der Waals surface area (Å²) in [5.41, 5.74) is 0.787. The maximum Gasteiger partial charge on any atom is 0.347 e. The Bertz CT molecular complexity index is 610. The second-order valence-corrected chi connectivity index (χ2v) is 5.20. The summed E-state index contributed by atoms with van der Waals surface area (Å²) in [5.74, 6) is -3.65. The smallest absolute Gasteiger partial charge is 0.347 e. The van der Waals surface area contributed by atoms with Crippen LogP contribution < -0.4 is 0 Å². The van der Waals surface area contributed by atoms with Gasteiger partial charge in [-0.05, 0) is 19.4 Å². The minimum atomic E-state index is -1.26. The number of carboxylic acids is 1. The quantitative estimate of drug-likeness (QED) is 0.524. The van der Waals surface area contributed by atoms with Crippen LogP contribution in [-0.2, 0) is 40.0 Å². The molecule has 0 aliphatic heterocycles. The summed E-state index contributed by atoms with van der Waals surface area (Å²) >= 11 is 0. The molecule has 1 aromatic carbocycles. The zero-order valence-corrected chi connectivity index (χ0v) is 14.0. The average molecular weight is 352 g/mol. The predicted octanol–water partition coefficient (Wildman–Crippen LogP) is 1.46. The number of ether oxygens (including phenoxy) is 3. The number of carbonyl (C=O) groups is 4. The van der Waals surface area contributed by atoms with Gasteiger partial charge in [-0.15, -0.1) is 0 Å². The molecule has 0 heterocycles. The van der Waals surface area contributed by atoms with Gasteiger partial charge in [-0.3, -0.25) is 9.59 Å². The molecule has 0 bridgehead atoms. The normalized spacial score (nSPS) is 12.6. The summed E-state index contributed by atoms with van der Waals surface area (Å²) in [4.78, 5) is 45.3. The third-order valence-electron chi connectivity index (χ3n) is 3.03. The maximum atomic E-state index is 11.8. The van der Waals surface area contributed by atoms with Gasteiger partial charge in [0.15, 0.2) is 12.2 Å². The average Bonchev–Trinajstić information content (AvgIpc) is 2.58. The molecule has 0 aliphatic carbocycles. The summed E-state index contributed by atoms with van der Waals surface area (Å²) in [6.07, 6.45) is -3.19. The first kappa shape index (κ1) is 20.1. The Morgan fingerprint density at radius 3 is 2.12 bits per heavy atom. The molecule has 0 fully saturated rings. The van der Waals surface area contributed by atoms with Gasteiger partial charge in [-0.1, -0.05) is 30.3 Å². The number of carbonyl (C=O) groups excluding carboxylic acids is 3. The highest BCUT2D eigenvalue weighted by Gasteiger charge is 2.25. The fourth-order valence-corrected chi connectivity index (χ4v) is 1.68. The Morgan fingerprint density at radius 2 is 1.52 bits per heavy atom. The van der Waals surface area contributed by atoms with E-state index in [2.05, 4.69) is 0 Å². The Morgan fingerprint density at radius 1 is 0.920 bits per heavy atom. The van der Waals surface area contributed by atoms with Gasteiger partial charge in [-0.25, -0.2) is 9.59 Å². The minimum Gasteiger partial charge on any atom is -0.481 e. The highest BCUT2D eigenvalue weighted by atomic mass is 16.6. The van der Waals surface area contributed by atoms with Crippen molar-refractivity contribution in [2.45, 2.75) is 45.5 Å². The SMILES string of the molecule is C[C@H](OC(=O)CCC(=O)O)C(=O)O[C@H](C)C(=O)OCc1ccccc1. The summed E-state index contributed by atoms with van der Waals surface area (Å²) in [6, 6.07) is 8.99. The molecule has 0 unspecified atom stereocenters. The Balaban J connectivity index is 2.37. The molecule has 0 spiro atoms. The highest BCUT2D eigenvalue weighted by Crippen LogP contribution is 2.06. The number of hydrogen-bond donors (Lipinski definition) is 1. The molecular formula is C17H20O8. The standard InChI is InChI=1S/C17H20O8/c1-11(16(21)23-10-13-6-4-3-5-7-13)25-17(22)12(2)24-15(20)9-8-14(18)19/h3-7,11-12H,8-10H2,1-2H3,(H,18,19)/t11-,12+/m1/s1. The van der Waals surface area contributed by atoms with Crippen molar-refractivity contribution in [2.75, 3.05) is 0 Å². The molecule has 0 amide bonds. The summed E-state index contributed by atoms with van der Waals surface area (Å²) < 4.78 is 14.7. The van der Waals surface area contributed by atoms with E-state index in [1.807, 2.05) is 6.07 Å². The highest BCUT2D eigenvalue weighted by molar-refractivity contribution is 5.83. The second kappa shape index (κ2) is 10.1. The lowest BCUT2D eigenvalue weighted by Crippen LogP contribution is -2.33. The van der Waals surface area contributed by atoms with Crippen molar-refractivity contribution in [1.29, 1.82) is 0 Å². The van der Waals surface area contributed by atoms with E-state index in [0.29, 0.717) is 0 Å². The summed E-state index contributed by atoms with van der Waals surface area (Å²) in [6.45, 7) is 2.65. The Kier molecular flexibility index (Phi) is 8.11. The van der Waals surface area contributed by atoms with Crippen LogP contribution in [0.1, 0.15) is 32.3 Å². The van der Waals surface area contributed by atoms with Gasteiger partial charge in [0.2, 0.25) is 0 Å². The first-order chi connectivity index (χ1) is 11.8. The number of rotatable bonds is 9. The van der Waals surface area contributed by atoms with Crippen LogP contribution in [0.2, 0.25) is 0 Å². The van der Waals surface area contributed by atoms with Crippen LogP contribution in [0.15, 0.2) is 30.3 Å². The van der Waals surface area contributed by atoms with Gasteiger partial charge >= 0.3 is 23.9 Å². The van der Waals surface area contributed by atoms with Crippen molar-refractivity contribution in [3.8, 4) is 0 Å². The van der Waals surface area contributed by atoms with E-state index in [9.17, 15) is 19.2 Å². The van der Waals surface area contributed by atoms with E-state index < -0.39 is 42.5 Å². The van der Waals surface area contributed by atoms with Gasteiger partial charge < -0.3 is 19.3 Å². The van der Waals surface area contributed by atoms with Gasteiger partial charge in [0, 0.05) is 0 Å². The molecule has 8 nitrogen and oxygen atoms in total. The number of hydrogen-bond acceptors (Lipinski definition) is 7. The first-order valence-electron chi connectivity index (χ1n) is 7.62. The van der Waals surface area contributed by atoms with Crippen LogP contribution in [0.4, 0.5) is 0 Å². The van der Waals surface area contributed by atoms with Crippen molar-refractivity contribution < 1.29 is 38.5 Å². The molecule has 0 aliphatic rings. The molecule has 25 heavy (non-hydrogen) atoms. The molecule has 1 aromatic rings. The third-order valence-corrected chi connectivity index (χ3v) is 3.03. The van der Waals surface area contributed by atoms with Crippen LogP contribution >= 0.6 is 0 Å². The molecule has 2 atom stereocenters. The second-order valence-electron chi connectivity index (χ2n) is 5.20.